The Bertz CT molecular complexity index is 671. The van der Waals surface area contributed by atoms with Crippen molar-refractivity contribution in [2.45, 2.75) is 25.8 Å². The van der Waals surface area contributed by atoms with Gasteiger partial charge >= 0.3 is 5.97 Å². The number of hydrogen-bond acceptors (Lipinski definition) is 3. The van der Waals surface area contributed by atoms with Crippen molar-refractivity contribution in [3.63, 3.8) is 0 Å². The van der Waals surface area contributed by atoms with Crippen LogP contribution in [0.3, 0.4) is 0 Å². The number of ether oxygens (including phenoxy) is 1. The fourth-order valence-corrected chi connectivity index (χ4v) is 2.33. The van der Waals surface area contributed by atoms with E-state index in [-0.39, 0.29) is 24.1 Å². The topological polar surface area (TPSA) is 55.4 Å². The van der Waals surface area contributed by atoms with Crippen molar-refractivity contribution in [2.75, 3.05) is 6.61 Å². The van der Waals surface area contributed by atoms with Gasteiger partial charge < -0.3 is 10.1 Å². The quantitative estimate of drug-likeness (QED) is 0.789. The molecule has 0 saturated carbocycles. The van der Waals surface area contributed by atoms with Gasteiger partial charge in [0.2, 0.25) is 0 Å². The first-order chi connectivity index (χ1) is 11.6. The second-order valence-electron chi connectivity index (χ2n) is 5.40. The Morgan fingerprint density at radius 2 is 1.75 bits per heavy atom. The summed E-state index contributed by atoms with van der Waals surface area (Å²) in [5.74, 6) is -1.46. The maximum atomic E-state index is 12.8. The van der Waals surface area contributed by atoms with Gasteiger partial charge in [-0.2, -0.15) is 0 Å². The summed E-state index contributed by atoms with van der Waals surface area (Å²) < 4.78 is 17.8. The van der Waals surface area contributed by atoms with E-state index in [1.165, 1.54) is 24.3 Å². The van der Waals surface area contributed by atoms with Crippen LogP contribution in [0.2, 0.25) is 0 Å². The van der Waals surface area contributed by atoms with Crippen LogP contribution in [0.4, 0.5) is 4.39 Å². The summed E-state index contributed by atoms with van der Waals surface area (Å²) in [5.41, 5.74) is 1.22. The summed E-state index contributed by atoms with van der Waals surface area (Å²) in [4.78, 5) is 23.9. The number of amides is 1. The molecule has 0 aliphatic heterocycles. The first-order valence-corrected chi connectivity index (χ1v) is 7.87. The van der Waals surface area contributed by atoms with E-state index < -0.39 is 11.8 Å². The molecule has 0 saturated heterocycles. The standard InChI is InChI=1S/C19H20FNO3/c1-2-6-17(14-7-4-3-5-8-14)21-18(22)13-24-19(23)15-9-11-16(20)12-10-15/h3-5,7-12,17H,2,6,13H2,1H3,(H,21,22)/t17-/m0/s1. The van der Waals surface area contributed by atoms with Gasteiger partial charge in [-0.3, -0.25) is 4.79 Å². The van der Waals surface area contributed by atoms with E-state index in [2.05, 4.69) is 5.32 Å². The molecule has 0 bridgehead atoms. The van der Waals surface area contributed by atoms with E-state index in [9.17, 15) is 14.0 Å². The number of esters is 1. The number of carbonyl (C=O) groups is 2. The van der Waals surface area contributed by atoms with Crippen LogP contribution in [0.25, 0.3) is 0 Å². The molecule has 2 aromatic rings. The van der Waals surface area contributed by atoms with Gasteiger partial charge in [-0.05, 0) is 36.2 Å². The molecule has 0 heterocycles. The predicted molar refractivity (Wildman–Crippen MR) is 88.9 cm³/mol. The lowest BCUT2D eigenvalue weighted by Crippen LogP contribution is -2.32. The normalized spacial score (nSPS) is 11.6. The SMILES string of the molecule is CCC[C@H](NC(=O)COC(=O)c1ccc(F)cc1)c1ccccc1. The third-order valence-corrected chi connectivity index (χ3v) is 3.53. The zero-order valence-electron chi connectivity index (χ0n) is 13.5. The number of halogens is 1. The maximum absolute atomic E-state index is 12.8. The van der Waals surface area contributed by atoms with Crippen LogP contribution in [0.1, 0.15) is 41.7 Å². The molecule has 0 spiro atoms. The summed E-state index contributed by atoms with van der Waals surface area (Å²) in [6, 6.07) is 14.5. The van der Waals surface area contributed by atoms with Crippen LogP contribution < -0.4 is 5.32 Å². The minimum absolute atomic E-state index is 0.117. The molecular weight excluding hydrogens is 309 g/mol. The Hall–Kier alpha value is -2.69. The molecule has 0 aliphatic carbocycles. The lowest BCUT2D eigenvalue weighted by molar-refractivity contribution is -0.125. The highest BCUT2D eigenvalue weighted by atomic mass is 19.1. The highest BCUT2D eigenvalue weighted by Gasteiger charge is 2.15. The molecule has 0 unspecified atom stereocenters. The molecule has 24 heavy (non-hydrogen) atoms. The third kappa shape index (κ3) is 5.19. The molecule has 0 fully saturated rings. The zero-order valence-corrected chi connectivity index (χ0v) is 13.5. The van der Waals surface area contributed by atoms with Crippen molar-refractivity contribution in [3.8, 4) is 0 Å². The molecule has 2 rings (SSSR count). The summed E-state index contributed by atoms with van der Waals surface area (Å²) in [7, 11) is 0. The van der Waals surface area contributed by atoms with Gasteiger partial charge in [0, 0.05) is 0 Å². The van der Waals surface area contributed by atoms with Crippen molar-refractivity contribution in [3.05, 3.63) is 71.5 Å². The highest BCUT2D eigenvalue weighted by Crippen LogP contribution is 2.17. The molecule has 1 amide bonds. The van der Waals surface area contributed by atoms with Crippen LogP contribution in [-0.2, 0) is 9.53 Å². The van der Waals surface area contributed by atoms with E-state index >= 15 is 0 Å². The summed E-state index contributed by atoms with van der Waals surface area (Å²) in [6.45, 7) is 1.67. The van der Waals surface area contributed by atoms with Crippen molar-refractivity contribution < 1.29 is 18.7 Å². The molecule has 0 aromatic heterocycles. The highest BCUT2D eigenvalue weighted by molar-refractivity contribution is 5.91. The van der Waals surface area contributed by atoms with Gasteiger partial charge in [-0.15, -0.1) is 0 Å². The minimum atomic E-state index is -0.656. The Labute approximate surface area is 140 Å². The Morgan fingerprint density at radius 3 is 2.38 bits per heavy atom. The second kappa shape index (κ2) is 8.82. The van der Waals surface area contributed by atoms with Crippen LogP contribution in [0, 0.1) is 5.82 Å². The Kier molecular flexibility index (Phi) is 6.49. The van der Waals surface area contributed by atoms with Crippen LogP contribution >= 0.6 is 0 Å². The van der Waals surface area contributed by atoms with Gasteiger partial charge in [0.1, 0.15) is 5.82 Å². The monoisotopic (exact) mass is 329 g/mol. The Morgan fingerprint density at radius 1 is 1.08 bits per heavy atom. The average molecular weight is 329 g/mol. The van der Waals surface area contributed by atoms with Crippen molar-refractivity contribution >= 4 is 11.9 Å². The molecule has 4 nitrogen and oxygen atoms in total. The molecule has 2 aromatic carbocycles. The maximum Gasteiger partial charge on any atom is 0.338 e. The molecule has 0 aliphatic rings. The van der Waals surface area contributed by atoms with E-state index in [0.29, 0.717) is 0 Å². The molecule has 1 N–H and O–H groups in total. The first kappa shape index (κ1) is 17.7. The Balaban J connectivity index is 1.89. The minimum Gasteiger partial charge on any atom is -0.452 e. The van der Waals surface area contributed by atoms with E-state index in [1.807, 2.05) is 37.3 Å². The smallest absolute Gasteiger partial charge is 0.338 e. The summed E-state index contributed by atoms with van der Waals surface area (Å²) in [6.07, 6.45) is 1.71. The van der Waals surface area contributed by atoms with Crippen molar-refractivity contribution in [1.29, 1.82) is 0 Å². The number of carbonyl (C=O) groups excluding carboxylic acids is 2. The molecule has 0 radical (unpaired) electrons. The molecule has 1 atom stereocenters. The van der Waals surface area contributed by atoms with Gasteiger partial charge in [-0.25, -0.2) is 9.18 Å². The third-order valence-electron chi connectivity index (χ3n) is 3.53. The summed E-state index contributed by atoms with van der Waals surface area (Å²) in [5, 5.41) is 2.87. The lowest BCUT2D eigenvalue weighted by atomic mass is 10.0. The van der Waals surface area contributed by atoms with E-state index in [4.69, 9.17) is 4.74 Å². The number of nitrogens with one attached hydrogen (secondary N) is 1. The predicted octanol–water partition coefficient (Wildman–Crippen LogP) is 3.64. The zero-order chi connectivity index (χ0) is 17.4. The van der Waals surface area contributed by atoms with Crippen LogP contribution in [0.5, 0.6) is 0 Å². The van der Waals surface area contributed by atoms with Crippen LogP contribution in [-0.4, -0.2) is 18.5 Å². The fraction of sp³-hybridized carbons (Fsp3) is 0.263. The van der Waals surface area contributed by atoms with Gasteiger partial charge in [0.15, 0.2) is 6.61 Å². The van der Waals surface area contributed by atoms with Gasteiger partial charge in [0.25, 0.3) is 5.91 Å². The molecule has 126 valence electrons. The summed E-state index contributed by atoms with van der Waals surface area (Å²) >= 11 is 0. The fourth-order valence-electron chi connectivity index (χ4n) is 2.33. The second-order valence-corrected chi connectivity index (χ2v) is 5.40. The number of benzene rings is 2. The first-order valence-electron chi connectivity index (χ1n) is 7.87. The number of hydrogen-bond donors (Lipinski definition) is 1. The van der Waals surface area contributed by atoms with E-state index in [1.54, 1.807) is 0 Å². The molecule has 5 heteroatoms. The van der Waals surface area contributed by atoms with Gasteiger partial charge in [-0.1, -0.05) is 43.7 Å². The number of rotatable bonds is 7. The van der Waals surface area contributed by atoms with Gasteiger partial charge in [0.05, 0.1) is 11.6 Å². The van der Waals surface area contributed by atoms with Crippen molar-refractivity contribution in [2.24, 2.45) is 0 Å². The largest absolute Gasteiger partial charge is 0.452 e. The van der Waals surface area contributed by atoms with E-state index in [0.717, 1.165) is 18.4 Å². The average Bonchev–Trinajstić information content (AvgIpc) is 2.60. The molecular formula is C19H20FNO3. The van der Waals surface area contributed by atoms with Crippen molar-refractivity contribution in [1.82, 2.24) is 5.32 Å². The van der Waals surface area contributed by atoms with Crippen LogP contribution in [0.15, 0.2) is 54.6 Å². The lowest BCUT2D eigenvalue weighted by Gasteiger charge is -2.18.